The van der Waals surface area contributed by atoms with Crippen molar-refractivity contribution in [2.45, 2.75) is 46.2 Å². The van der Waals surface area contributed by atoms with Crippen LogP contribution in [0.2, 0.25) is 5.02 Å². The van der Waals surface area contributed by atoms with Crippen LogP contribution in [0.4, 0.5) is 11.4 Å². The fourth-order valence-corrected chi connectivity index (χ4v) is 4.76. The molecule has 146 valence electrons. The number of ketones is 1. The molecular weight excluding hydrogens is 368 g/mol. The predicted molar refractivity (Wildman–Crippen MR) is 117 cm³/mol. The largest absolute Gasteiger partial charge is 0.359 e. The number of para-hydroxylation sites is 2. The summed E-state index contributed by atoms with van der Waals surface area (Å²) in [5, 5.41) is 4.32. The predicted octanol–water partition coefficient (Wildman–Crippen LogP) is 6.22. The lowest BCUT2D eigenvalue weighted by molar-refractivity contribution is -0.124. The fourth-order valence-electron chi connectivity index (χ4n) is 4.64. The van der Waals surface area contributed by atoms with Crippen LogP contribution in [0.5, 0.6) is 0 Å². The first-order valence-corrected chi connectivity index (χ1v) is 10.3. The van der Waals surface area contributed by atoms with E-state index in [4.69, 9.17) is 11.6 Å². The Kier molecular flexibility index (Phi) is 4.75. The van der Waals surface area contributed by atoms with Gasteiger partial charge in [0.2, 0.25) is 0 Å². The van der Waals surface area contributed by atoms with Crippen molar-refractivity contribution in [3.05, 3.63) is 70.9 Å². The van der Waals surface area contributed by atoms with Gasteiger partial charge in [0.1, 0.15) is 5.78 Å². The maximum atomic E-state index is 13.4. The molecule has 1 heterocycles. The van der Waals surface area contributed by atoms with Crippen LogP contribution < -0.4 is 10.2 Å². The zero-order chi connectivity index (χ0) is 20.1. The van der Waals surface area contributed by atoms with E-state index in [0.717, 1.165) is 22.6 Å². The van der Waals surface area contributed by atoms with Crippen LogP contribution in [0, 0.1) is 11.3 Å². The molecule has 28 heavy (non-hydrogen) atoms. The molecule has 0 fully saturated rings. The maximum Gasteiger partial charge on any atom is 0.145 e. The first-order chi connectivity index (χ1) is 13.3. The second kappa shape index (κ2) is 6.97. The summed E-state index contributed by atoms with van der Waals surface area (Å²) in [5.41, 5.74) is 4.15. The van der Waals surface area contributed by atoms with Gasteiger partial charge in [-0.15, -0.1) is 0 Å². The van der Waals surface area contributed by atoms with Gasteiger partial charge in [0.05, 0.1) is 23.3 Å². The van der Waals surface area contributed by atoms with Crippen molar-refractivity contribution in [1.29, 1.82) is 0 Å². The highest BCUT2D eigenvalue weighted by Gasteiger charge is 2.45. The van der Waals surface area contributed by atoms with E-state index in [1.54, 1.807) is 0 Å². The Morgan fingerprint density at radius 3 is 2.46 bits per heavy atom. The van der Waals surface area contributed by atoms with Crippen LogP contribution in [-0.4, -0.2) is 11.8 Å². The molecule has 0 bridgehead atoms. The zero-order valence-electron chi connectivity index (χ0n) is 16.9. The Labute approximate surface area is 172 Å². The standard InChI is InChI=1S/C24H27ClN2O/c1-15(2)27-20-8-6-5-7-18(20)26-19-13-24(3,4)14-21(28)22(19)23(27)16-9-11-17(25)12-10-16/h5-13,15,22-23,26H,14H2,1-4H3/t22-,23+/m1/s1. The first kappa shape index (κ1) is 19.1. The lowest BCUT2D eigenvalue weighted by Crippen LogP contribution is -2.43. The number of allylic oxidation sites excluding steroid dienone is 1. The lowest BCUT2D eigenvalue weighted by atomic mass is 9.72. The number of nitrogens with zero attached hydrogens (tertiary/aromatic N) is 1. The van der Waals surface area contributed by atoms with Crippen molar-refractivity contribution in [2.24, 2.45) is 11.3 Å². The molecule has 0 aromatic heterocycles. The van der Waals surface area contributed by atoms with Crippen molar-refractivity contribution in [2.75, 3.05) is 10.2 Å². The molecule has 0 unspecified atom stereocenters. The quantitative estimate of drug-likeness (QED) is 0.656. The maximum absolute atomic E-state index is 13.4. The number of nitrogens with one attached hydrogen (secondary N) is 1. The van der Waals surface area contributed by atoms with Gasteiger partial charge in [-0.25, -0.2) is 0 Å². The van der Waals surface area contributed by atoms with E-state index in [1.165, 1.54) is 0 Å². The summed E-state index contributed by atoms with van der Waals surface area (Å²) < 4.78 is 0. The molecule has 2 aromatic carbocycles. The van der Waals surface area contributed by atoms with Crippen molar-refractivity contribution in [3.63, 3.8) is 0 Å². The van der Waals surface area contributed by atoms with Crippen LogP contribution in [0.3, 0.4) is 0 Å². The first-order valence-electron chi connectivity index (χ1n) is 9.92. The topological polar surface area (TPSA) is 32.3 Å². The van der Waals surface area contributed by atoms with E-state index >= 15 is 0 Å². The third-order valence-corrected chi connectivity index (χ3v) is 5.95. The van der Waals surface area contributed by atoms with Gasteiger partial charge < -0.3 is 10.2 Å². The number of Topliss-reactive ketones (excluding diaryl/α,β-unsaturated/α-hetero) is 1. The Bertz CT molecular complexity index is 930. The number of halogens is 1. The number of carbonyl (C=O) groups excluding carboxylic acids is 1. The summed E-state index contributed by atoms with van der Waals surface area (Å²) in [7, 11) is 0. The SMILES string of the molecule is CC(C)N1c2ccccc2NC2=CC(C)(C)CC(=O)[C@@H]2[C@@H]1c1ccc(Cl)cc1. The second-order valence-corrected chi connectivity index (χ2v) is 9.29. The highest BCUT2D eigenvalue weighted by Crippen LogP contribution is 2.49. The average molecular weight is 395 g/mol. The van der Waals surface area contributed by atoms with Gasteiger partial charge in [0.25, 0.3) is 0 Å². The molecule has 3 nitrogen and oxygen atoms in total. The summed E-state index contributed by atoms with van der Waals surface area (Å²) >= 11 is 6.16. The number of hydrogen-bond acceptors (Lipinski definition) is 3. The van der Waals surface area contributed by atoms with Crippen LogP contribution in [0.1, 0.15) is 45.7 Å². The molecule has 1 N–H and O–H groups in total. The molecule has 2 aliphatic rings. The minimum absolute atomic E-state index is 0.0803. The molecule has 1 aliphatic carbocycles. The fraction of sp³-hybridized carbons (Fsp3) is 0.375. The van der Waals surface area contributed by atoms with Crippen molar-refractivity contribution in [1.82, 2.24) is 0 Å². The summed E-state index contributed by atoms with van der Waals surface area (Å²) in [5.74, 6) is 0.0532. The molecule has 1 aliphatic heterocycles. The van der Waals surface area contributed by atoms with Gasteiger partial charge in [0.15, 0.2) is 0 Å². The summed E-state index contributed by atoms with van der Waals surface area (Å²) in [6.07, 6.45) is 2.80. The van der Waals surface area contributed by atoms with Gasteiger partial charge in [-0.05, 0) is 49.1 Å². The molecule has 0 saturated heterocycles. The number of carbonyl (C=O) groups is 1. The molecule has 4 rings (SSSR count). The van der Waals surface area contributed by atoms with Crippen molar-refractivity contribution in [3.8, 4) is 0 Å². The summed E-state index contributed by atoms with van der Waals surface area (Å²) in [6.45, 7) is 8.63. The van der Waals surface area contributed by atoms with Gasteiger partial charge in [-0.1, -0.05) is 55.8 Å². The van der Waals surface area contributed by atoms with Gasteiger partial charge >= 0.3 is 0 Å². The number of benzene rings is 2. The second-order valence-electron chi connectivity index (χ2n) is 8.85. The third kappa shape index (κ3) is 3.33. The highest BCUT2D eigenvalue weighted by atomic mass is 35.5. The Hall–Kier alpha value is -2.26. The Morgan fingerprint density at radius 2 is 1.79 bits per heavy atom. The Balaban J connectivity index is 1.98. The van der Waals surface area contributed by atoms with E-state index in [0.29, 0.717) is 11.4 Å². The van der Waals surface area contributed by atoms with Crippen LogP contribution in [0.25, 0.3) is 0 Å². The third-order valence-electron chi connectivity index (χ3n) is 5.70. The monoisotopic (exact) mass is 394 g/mol. The normalized spacial score (nSPS) is 23.4. The van der Waals surface area contributed by atoms with Crippen molar-refractivity contribution >= 4 is 28.8 Å². The van der Waals surface area contributed by atoms with Crippen LogP contribution in [0.15, 0.2) is 60.3 Å². The number of rotatable bonds is 2. The molecule has 2 aromatic rings. The molecule has 0 radical (unpaired) electrons. The minimum atomic E-state index is -0.232. The van der Waals surface area contributed by atoms with E-state index < -0.39 is 0 Å². The van der Waals surface area contributed by atoms with E-state index in [1.807, 2.05) is 18.2 Å². The van der Waals surface area contributed by atoms with Gasteiger partial charge in [0, 0.05) is 23.2 Å². The smallest absolute Gasteiger partial charge is 0.145 e. The van der Waals surface area contributed by atoms with E-state index in [2.05, 4.69) is 74.3 Å². The minimum Gasteiger partial charge on any atom is -0.359 e. The Morgan fingerprint density at radius 1 is 1.11 bits per heavy atom. The lowest BCUT2D eigenvalue weighted by Gasteiger charge is -2.42. The molecule has 0 amide bonds. The zero-order valence-corrected chi connectivity index (χ0v) is 17.6. The highest BCUT2D eigenvalue weighted by molar-refractivity contribution is 6.30. The number of anilines is 2. The van der Waals surface area contributed by atoms with E-state index in [-0.39, 0.29) is 29.2 Å². The molecule has 4 heteroatoms. The number of hydrogen-bond donors (Lipinski definition) is 1. The molecule has 0 saturated carbocycles. The van der Waals surface area contributed by atoms with Crippen LogP contribution in [-0.2, 0) is 4.79 Å². The molecule has 2 atom stereocenters. The van der Waals surface area contributed by atoms with Gasteiger partial charge in [-0.3, -0.25) is 4.79 Å². The molecular formula is C24H27ClN2O. The van der Waals surface area contributed by atoms with E-state index in [9.17, 15) is 4.79 Å². The summed E-state index contributed by atoms with van der Waals surface area (Å²) in [4.78, 5) is 15.8. The summed E-state index contributed by atoms with van der Waals surface area (Å²) in [6, 6.07) is 16.4. The van der Waals surface area contributed by atoms with Crippen molar-refractivity contribution < 1.29 is 4.79 Å². The number of fused-ring (bicyclic) bond motifs is 2. The van der Waals surface area contributed by atoms with Gasteiger partial charge in [-0.2, -0.15) is 0 Å². The average Bonchev–Trinajstić information content (AvgIpc) is 2.75. The molecule has 0 spiro atoms. The van der Waals surface area contributed by atoms with Crippen LogP contribution >= 0.6 is 11.6 Å².